The molecule has 2 fully saturated rings. The second-order valence-corrected chi connectivity index (χ2v) is 12.4. The third kappa shape index (κ3) is 3.99. The second kappa shape index (κ2) is 9.87. The monoisotopic (exact) mass is 573 g/mol. The van der Waals surface area contributed by atoms with Crippen molar-refractivity contribution >= 4 is 34.8 Å². The van der Waals surface area contributed by atoms with Crippen molar-refractivity contribution < 1.29 is 34.8 Å². The van der Waals surface area contributed by atoms with Gasteiger partial charge in [-0.2, -0.15) is 0 Å². The number of piperidine rings is 1. The van der Waals surface area contributed by atoms with Crippen molar-refractivity contribution in [1.82, 2.24) is 9.80 Å². The van der Waals surface area contributed by atoms with Crippen LogP contribution in [0.3, 0.4) is 0 Å². The van der Waals surface area contributed by atoms with Crippen LogP contribution in [0.2, 0.25) is 5.02 Å². The summed E-state index contributed by atoms with van der Waals surface area (Å²) in [6.45, 7) is 4.84. The number of fused-ring (bicyclic) bond motifs is 3. The fourth-order valence-electron chi connectivity index (χ4n) is 7.45. The molecule has 0 unspecified atom stereocenters. The van der Waals surface area contributed by atoms with Gasteiger partial charge in [-0.15, -0.1) is 0 Å². The van der Waals surface area contributed by atoms with Gasteiger partial charge in [0.25, 0.3) is 5.91 Å². The average Bonchev–Trinajstić information content (AvgIpc) is 2.86. The summed E-state index contributed by atoms with van der Waals surface area (Å²) in [5.41, 5.74) is 2.87. The van der Waals surface area contributed by atoms with E-state index in [9.17, 15) is 34.8 Å². The largest absolute Gasteiger partial charge is 0.508 e. The predicted octanol–water partition coefficient (Wildman–Crippen LogP) is 2.38. The third-order valence-electron chi connectivity index (χ3n) is 9.46. The number of aliphatic hydroxyl groups excluding tert-OH is 2. The smallest absolute Gasteiger partial charge is 0.255 e. The summed E-state index contributed by atoms with van der Waals surface area (Å²) in [6.07, 6.45) is 3.46. The van der Waals surface area contributed by atoms with Crippen molar-refractivity contribution in [2.45, 2.75) is 76.2 Å². The number of ketones is 2. The molecule has 1 amide bonds. The van der Waals surface area contributed by atoms with Crippen molar-refractivity contribution in [3.05, 3.63) is 44.7 Å². The summed E-state index contributed by atoms with van der Waals surface area (Å²) in [6, 6.07) is 1.05. The van der Waals surface area contributed by atoms with E-state index in [4.69, 9.17) is 17.3 Å². The van der Waals surface area contributed by atoms with Gasteiger partial charge in [0, 0.05) is 35.1 Å². The zero-order chi connectivity index (χ0) is 29.4. The van der Waals surface area contributed by atoms with E-state index in [0.29, 0.717) is 34.8 Å². The molecule has 4 aliphatic rings. The number of hydrogen-bond acceptors (Lipinski definition) is 9. The van der Waals surface area contributed by atoms with E-state index in [0.717, 1.165) is 19.3 Å². The van der Waals surface area contributed by atoms with Gasteiger partial charge in [0.15, 0.2) is 11.4 Å². The second-order valence-electron chi connectivity index (χ2n) is 12.0. The normalized spacial score (nSPS) is 32.7. The van der Waals surface area contributed by atoms with Crippen LogP contribution < -0.4 is 5.73 Å². The molecule has 5 rings (SSSR count). The summed E-state index contributed by atoms with van der Waals surface area (Å²) in [4.78, 5) is 43.1. The van der Waals surface area contributed by atoms with E-state index in [1.807, 2.05) is 0 Å². The Kier molecular flexibility index (Phi) is 7.06. The van der Waals surface area contributed by atoms with Gasteiger partial charge in [-0.25, -0.2) is 0 Å². The molecule has 6 N–H and O–H groups in total. The fourth-order valence-corrected chi connectivity index (χ4v) is 7.73. The number of nitrogens with zero attached hydrogens (tertiary/aromatic N) is 2. The number of halogens is 1. The highest BCUT2D eigenvalue weighted by Crippen LogP contribution is 2.53. The molecule has 11 heteroatoms. The number of rotatable bonds is 4. The molecule has 0 bridgehead atoms. The van der Waals surface area contributed by atoms with Gasteiger partial charge in [-0.05, 0) is 76.7 Å². The zero-order valence-corrected chi connectivity index (χ0v) is 23.8. The van der Waals surface area contributed by atoms with E-state index in [1.54, 1.807) is 14.1 Å². The Hall–Kier alpha value is -2.92. The maximum atomic E-state index is 13.9. The Morgan fingerprint density at radius 3 is 2.38 bits per heavy atom. The summed E-state index contributed by atoms with van der Waals surface area (Å²) >= 11 is 6.92. The topological polar surface area (TPSA) is 165 Å². The van der Waals surface area contributed by atoms with Crippen molar-refractivity contribution in [2.24, 2.45) is 17.6 Å². The highest BCUT2D eigenvalue weighted by Gasteiger charge is 2.64. The molecule has 216 valence electrons. The molecule has 3 aliphatic carbocycles. The van der Waals surface area contributed by atoms with Crippen molar-refractivity contribution in [3.8, 4) is 5.75 Å². The first-order valence-corrected chi connectivity index (χ1v) is 14.0. The SMILES string of the molecule is C[C@H]1CCC[C@H](C)N1Cc1cc(O)c2c(c1Cl)C[C@H]1C[C@H]3[C@H](N(C)C)C(=O)C(C(N)=O)=C(O)[C@@]3(O)C(=O)C1=C2O. The van der Waals surface area contributed by atoms with Crippen LogP contribution in [0.4, 0.5) is 0 Å². The number of aliphatic hydroxyl groups is 3. The van der Waals surface area contributed by atoms with Crippen LogP contribution in [0.25, 0.3) is 5.76 Å². The first kappa shape index (κ1) is 28.6. The quantitative estimate of drug-likeness (QED) is 0.340. The summed E-state index contributed by atoms with van der Waals surface area (Å²) < 4.78 is 0. The van der Waals surface area contributed by atoms with Crippen LogP contribution in [-0.2, 0) is 27.3 Å². The van der Waals surface area contributed by atoms with Crippen molar-refractivity contribution in [1.29, 1.82) is 0 Å². The third-order valence-corrected chi connectivity index (χ3v) is 9.93. The molecule has 1 heterocycles. The molecule has 40 heavy (non-hydrogen) atoms. The lowest BCUT2D eigenvalue weighted by atomic mass is 9.57. The summed E-state index contributed by atoms with van der Waals surface area (Å²) in [5, 5.41) is 45.5. The highest BCUT2D eigenvalue weighted by molar-refractivity contribution is 6.32. The Morgan fingerprint density at radius 1 is 1.18 bits per heavy atom. The molecule has 0 aromatic heterocycles. The first-order chi connectivity index (χ1) is 18.7. The number of primary amides is 1. The molecule has 1 aromatic carbocycles. The maximum absolute atomic E-state index is 13.9. The number of carbonyl (C=O) groups excluding carboxylic acids is 3. The van der Waals surface area contributed by atoms with E-state index in [1.165, 1.54) is 11.0 Å². The highest BCUT2D eigenvalue weighted by atomic mass is 35.5. The molecule has 10 nitrogen and oxygen atoms in total. The number of carbonyl (C=O) groups is 3. The molecule has 0 radical (unpaired) electrons. The zero-order valence-electron chi connectivity index (χ0n) is 23.1. The Labute approximate surface area is 237 Å². The molecular formula is C29H36ClN3O7. The van der Waals surface area contributed by atoms with Crippen LogP contribution in [0.5, 0.6) is 5.75 Å². The number of likely N-dealkylation sites (N-methyl/N-ethyl adjacent to an activating group) is 1. The number of benzene rings is 1. The molecule has 1 saturated heterocycles. The number of Topliss-reactive ketones (excluding diaryl/α,β-unsaturated/α-hetero) is 2. The average molecular weight is 574 g/mol. The van der Waals surface area contributed by atoms with Crippen LogP contribution >= 0.6 is 11.6 Å². The number of phenols is 1. The van der Waals surface area contributed by atoms with Crippen LogP contribution in [0, 0.1) is 11.8 Å². The van der Waals surface area contributed by atoms with Crippen molar-refractivity contribution in [3.63, 3.8) is 0 Å². The van der Waals surface area contributed by atoms with Gasteiger partial charge in [0.2, 0.25) is 5.78 Å². The Morgan fingerprint density at radius 2 is 1.80 bits per heavy atom. The van der Waals surface area contributed by atoms with Gasteiger partial charge in [0.05, 0.1) is 11.6 Å². The van der Waals surface area contributed by atoms with Gasteiger partial charge in [0.1, 0.15) is 22.8 Å². The van der Waals surface area contributed by atoms with Gasteiger partial charge < -0.3 is 26.2 Å². The Balaban J connectivity index is 1.63. The lowest BCUT2D eigenvalue weighted by Crippen LogP contribution is -2.65. The summed E-state index contributed by atoms with van der Waals surface area (Å²) in [7, 11) is 3.13. The number of nitrogens with two attached hydrogens (primary N) is 1. The van der Waals surface area contributed by atoms with Gasteiger partial charge in [-0.3, -0.25) is 24.2 Å². The molecular weight excluding hydrogens is 538 g/mol. The minimum Gasteiger partial charge on any atom is -0.508 e. The van der Waals surface area contributed by atoms with E-state index in [-0.39, 0.29) is 29.7 Å². The van der Waals surface area contributed by atoms with Gasteiger partial charge >= 0.3 is 0 Å². The van der Waals surface area contributed by atoms with E-state index < -0.39 is 58.0 Å². The van der Waals surface area contributed by atoms with Crippen LogP contribution in [0.15, 0.2) is 23.0 Å². The molecule has 6 atom stereocenters. The number of hydrogen-bond donors (Lipinski definition) is 5. The van der Waals surface area contributed by atoms with E-state index in [2.05, 4.69) is 18.7 Å². The molecule has 1 aromatic rings. The maximum Gasteiger partial charge on any atom is 0.255 e. The minimum atomic E-state index is -2.66. The summed E-state index contributed by atoms with van der Waals surface area (Å²) in [5.74, 6) is -6.78. The first-order valence-electron chi connectivity index (χ1n) is 13.6. The fraction of sp³-hybridized carbons (Fsp3) is 0.552. The Bertz CT molecular complexity index is 1380. The van der Waals surface area contributed by atoms with Gasteiger partial charge in [-0.1, -0.05) is 18.0 Å². The standard InChI is InChI=1S/C29H36ClN3O7/c1-12-6-5-7-13(2)33(12)11-15-10-18(34)20-16(22(15)30)8-14-9-17-23(32(3)4)25(36)21(28(31)39)27(38)29(17,40)26(37)19(14)24(20)35/h10,12-14,17,23,34-35,38,40H,5-9,11H2,1-4H3,(H2,31,39)/t12-,13-,14-,17-,23-,29-/m0/s1. The van der Waals surface area contributed by atoms with Crippen LogP contribution in [0.1, 0.15) is 56.2 Å². The lowest BCUT2D eigenvalue weighted by molar-refractivity contribution is -0.153. The lowest BCUT2D eigenvalue weighted by Gasteiger charge is -2.50. The van der Waals surface area contributed by atoms with Crippen LogP contribution in [-0.4, -0.2) is 85.5 Å². The minimum absolute atomic E-state index is 0.00443. The number of likely N-dealkylation sites (tertiary alicyclic amines) is 1. The van der Waals surface area contributed by atoms with E-state index >= 15 is 0 Å². The molecule has 0 spiro atoms. The molecule has 1 aliphatic heterocycles. The van der Waals surface area contributed by atoms with Crippen molar-refractivity contribution in [2.75, 3.05) is 14.1 Å². The number of aromatic hydroxyl groups is 1. The number of phenolic OH excluding ortho intramolecular Hbond substituents is 1. The number of amides is 1. The molecule has 1 saturated carbocycles. The predicted molar refractivity (Wildman–Crippen MR) is 148 cm³/mol.